The molecule has 1 amide bonds. The minimum atomic E-state index is 0.200. The lowest BCUT2D eigenvalue weighted by atomic mass is 9.78. The summed E-state index contributed by atoms with van der Waals surface area (Å²) in [5, 5.41) is 4.50. The van der Waals surface area contributed by atoms with Gasteiger partial charge in [-0.3, -0.25) is 14.6 Å². The third kappa shape index (κ3) is 4.73. The van der Waals surface area contributed by atoms with Gasteiger partial charge in [-0.15, -0.1) is 11.3 Å². The lowest BCUT2D eigenvalue weighted by Gasteiger charge is -2.36. The summed E-state index contributed by atoms with van der Waals surface area (Å²) in [4.78, 5) is 22.0. The maximum Gasteiger partial charge on any atom is 0.234 e. The van der Waals surface area contributed by atoms with E-state index in [4.69, 9.17) is 4.98 Å². The monoisotopic (exact) mass is 400 g/mol. The van der Waals surface area contributed by atoms with E-state index in [9.17, 15) is 4.79 Å². The Morgan fingerprint density at radius 3 is 2.68 bits per heavy atom. The van der Waals surface area contributed by atoms with Gasteiger partial charge in [0.25, 0.3) is 0 Å². The van der Waals surface area contributed by atoms with Gasteiger partial charge in [-0.1, -0.05) is 38.8 Å². The van der Waals surface area contributed by atoms with Crippen LogP contribution < -0.4 is 5.32 Å². The highest BCUT2D eigenvalue weighted by atomic mass is 32.1. The van der Waals surface area contributed by atoms with Crippen LogP contribution in [0.25, 0.3) is 10.2 Å². The van der Waals surface area contributed by atoms with Crippen LogP contribution in [0.2, 0.25) is 0 Å². The number of nitrogens with one attached hydrogen (secondary N) is 1. The molecule has 2 heterocycles. The van der Waals surface area contributed by atoms with Crippen LogP contribution in [0.3, 0.4) is 0 Å². The molecule has 0 radical (unpaired) electrons. The molecule has 152 valence electrons. The molecule has 1 saturated carbocycles. The molecule has 28 heavy (non-hydrogen) atoms. The number of thiazole rings is 1. The molecule has 1 aromatic carbocycles. The molecule has 2 aromatic rings. The summed E-state index contributed by atoms with van der Waals surface area (Å²) >= 11 is 1.79. The van der Waals surface area contributed by atoms with Crippen LogP contribution in [0.5, 0.6) is 0 Å². The first-order chi connectivity index (χ1) is 13.6. The second-order valence-electron chi connectivity index (χ2n) is 8.57. The summed E-state index contributed by atoms with van der Waals surface area (Å²) in [7, 11) is 0. The van der Waals surface area contributed by atoms with Crippen LogP contribution in [0.15, 0.2) is 24.3 Å². The van der Waals surface area contributed by atoms with Crippen molar-refractivity contribution < 1.29 is 4.79 Å². The lowest BCUT2D eigenvalue weighted by Crippen LogP contribution is -2.51. The van der Waals surface area contributed by atoms with E-state index in [1.54, 1.807) is 11.3 Å². The van der Waals surface area contributed by atoms with Crippen molar-refractivity contribution in [3.63, 3.8) is 0 Å². The van der Waals surface area contributed by atoms with Gasteiger partial charge in [-0.2, -0.15) is 0 Å². The fourth-order valence-electron chi connectivity index (χ4n) is 4.53. The highest BCUT2D eigenvalue weighted by molar-refractivity contribution is 7.18. The van der Waals surface area contributed by atoms with E-state index >= 15 is 0 Å². The van der Waals surface area contributed by atoms with Gasteiger partial charge in [0.1, 0.15) is 5.01 Å². The van der Waals surface area contributed by atoms with Crippen LogP contribution in [0.4, 0.5) is 0 Å². The summed E-state index contributed by atoms with van der Waals surface area (Å²) in [5.41, 5.74) is 1.10. The molecule has 5 nitrogen and oxygen atoms in total. The lowest BCUT2D eigenvalue weighted by molar-refractivity contribution is -0.124. The molecular weight excluding hydrogens is 368 g/mol. The quantitative estimate of drug-likeness (QED) is 0.836. The first-order valence-electron chi connectivity index (χ1n) is 10.7. The summed E-state index contributed by atoms with van der Waals surface area (Å²) < 4.78 is 1.26. The second-order valence-corrected chi connectivity index (χ2v) is 9.68. The van der Waals surface area contributed by atoms with Gasteiger partial charge < -0.3 is 5.32 Å². The first-order valence-corrected chi connectivity index (χ1v) is 11.5. The molecule has 6 heteroatoms. The first kappa shape index (κ1) is 19.8. The number of para-hydroxylation sites is 1. The van der Waals surface area contributed by atoms with Crippen LogP contribution in [-0.4, -0.2) is 59.5 Å². The number of carbonyl (C=O) groups excluding carboxylic acids is 1. The zero-order valence-corrected chi connectivity index (χ0v) is 17.9. The number of aromatic nitrogens is 1. The number of carbonyl (C=O) groups is 1. The van der Waals surface area contributed by atoms with Crippen molar-refractivity contribution in [3.8, 4) is 0 Å². The Morgan fingerprint density at radius 1 is 1.14 bits per heavy atom. The number of rotatable bonds is 5. The van der Waals surface area contributed by atoms with E-state index in [-0.39, 0.29) is 5.91 Å². The largest absolute Gasteiger partial charge is 0.352 e. The van der Waals surface area contributed by atoms with Crippen molar-refractivity contribution in [3.05, 3.63) is 29.3 Å². The van der Waals surface area contributed by atoms with Crippen molar-refractivity contribution in [2.24, 2.45) is 11.8 Å². The Balaban J connectivity index is 1.22. The zero-order chi connectivity index (χ0) is 19.5. The summed E-state index contributed by atoms with van der Waals surface area (Å²) in [6.45, 7) is 9.96. The molecule has 2 fully saturated rings. The Kier molecular flexibility index (Phi) is 6.28. The Morgan fingerprint density at radius 2 is 1.89 bits per heavy atom. The molecule has 1 saturated heterocycles. The Labute approximate surface area is 172 Å². The number of hydrogen-bond acceptors (Lipinski definition) is 5. The third-order valence-corrected chi connectivity index (χ3v) is 7.60. The van der Waals surface area contributed by atoms with Gasteiger partial charge in [0.2, 0.25) is 5.91 Å². The standard InChI is InChI=1S/C22H32N4OS/c1-16-6-5-8-18(17(16)2)23-21(27)14-25-10-12-26(13-11-25)15-22-24-19-7-3-4-9-20(19)28-22/h3-4,7,9,16-18H,5-6,8,10-15H2,1-2H3,(H,23,27)/t16-,17-,18+/m1/s1. The fraction of sp³-hybridized carbons (Fsp3) is 0.636. The third-order valence-electron chi connectivity index (χ3n) is 6.58. The van der Waals surface area contributed by atoms with E-state index in [2.05, 4.69) is 47.2 Å². The average Bonchev–Trinajstić information content (AvgIpc) is 3.09. The van der Waals surface area contributed by atoms with Gasteiger partial charge >= 0.3 is 0 Å². The van der Waals surface area contributed by atoms with E-state index < -0.39 is 0 Å². The highest BCUT2D eigenvalue weighted by Crippen LogP contribution is 2.29. The molecular formula is C22H32N4OS. The molecule has 1 N–H and O–H groups in total. The molecule has 0 bridgehead atoms. The topological polar surface area (TPSA) is 48.5 Å². The summed E-state index contributed by atoms with van der Waals surface area (Å²) in [6, 6.07) is 8.70. The van der Waals surface area contributed by atoms with Gasteiger partial charge in [0.05, 0.1) is 23.3 Å². The number of piperazine rings is 1. The van der Waals surface area contributed by atoms with Crippen molar-refractivity contribution >= 4 is 27.5 Å². The number of nitrogens with zero attached hydrogens (tertiary/aromatic N) is 3. The number of benzene rings is 1. The van der Waals surface area contributed by atoms with E-state index in [0.717, 1.165) is 44.7 Å². The van der Waals surface area contributed by atoms with E-state index in [1.807, 2.05) is 6.07 Å². The minimum absolute atomic E-state index is 0.200. The number of amides is 1. The molecule has 1 aromatic heterocycles. The van der Waals surface area contributed by atoms with Crippen LogP contribution in [0.1, 0.15) is 38.1 Å². The molecule has 4 rings (SSSR count). The molecule has 3 atom stereocenters. The van der Waals surface area contributed by atoms with Crippen LogP contribution in [0, 0.1) is 11.8 Å². The molecule has 0 unspecified atom stereocenters. The predicted molar refractivity (Wildman–Crippen MR) is 115 cm³/mol. The minimum Gasteiger partial charge on any atom is -0.352 e. The maximum atomic E-state index is 12.5. The second kappa shape index (κ2) is 8.89. The van der Waals surface area contributed by atoms with Crippen molar-refractivity contribution in [2.75, 3.05) is 32.7 Å². The fourth-order valence-corrected chi connectivity index (χ4v) is 5.54. The van der Waals surface area contributed by atoms with Crippen molar-refractivity contribution in [1.29, 1.82) is 0 Å². The maximum absolute atomic E-state index is 12.5. The average molecular weight is 401 g/mol. The molecule has 0 spiro atoms. The van der Waals surface area contributed by atoms with Crippen molar-refractivity contribution in [2.45, 2.75) is 45.7 Å². The summed E-state index contributed by atoms with van der Waals surface area (Å²) in [6.07, 6.45) is 3.66. The highest BCUT2D eigenvalue weighted by Gasteiger charge is 2.29. The molecule has 1 aliphatic carbocycles. The SMILES string of the molecule is C[C@@H]1[C@H](C)CCC[C@@H]1NC(=O)CN1CCN(Cc2nc3ccccc3s2)CC1. The zero-order valence-electron chi connectivity index (χ0n) is 17.1. The summed E-state index contributed by atoms with van der Waals surface area (Å²) in [5.74, 6) is 1.50. The van der Waals surface area contributed by atoms with E-state index in [1.165, 1.54) is 22.5 Å². The van der Waals surface area contributed by atoms with Crippen LogP contribution in [-0.2, 0) is 11.3 Å². The van der Waals surface area contributed by atoms with Crippen LogP contribution >= 0.6 is 11.3 Å². The Hall–Kier alpha value is -1.50. The normalized spacial score (nSPS) is 27.1. The van der Waals surface area contributed by atoms with E-state index in [0.29, 0.717) is 24.4 Å². The predicted octanol–water partition coefficient (Wildman–Crippen LogP) is 3.35. The van der Waals surface area contributed by atoms with Gasteiger partial charge in [-0.05, 0) is 30.4 Å². The van der Waals surface area contributed by atoms with Gasteiger partial charge in [0, 0.05) is 32.2 Å². The van der Waals surface area contributed by atoms with Gasteiger partial charge in [-0.25, -0.2) is 4.98 Å². The number of hydrogen-bond donors (Lipinski definition) is 1. The number of fused-ring (bicyclic) bond motifs is 1. The molecule has 2 aliphatic rings. The van der Waals surface area contributed by atoms with Crippen molar-refractivity contribution in [1.82, 2.24) is 20.1 Å². The molecule has 1 aliphatic heterocycles. The van der Waals surface area contributed by atoms with Gasteiger partial charge in [0.15, 0.2) is 0 Å². The smallest absolute Gasteiger partial charge is 0.234 e. The Bertz CT molecular complexity index is 766.